The quantitative estimate of drug-likeness (QED) is 0.463. The molecule has 0 spiro atoms. The summed E-state index contributed by atoms with van der Waals surface area (Å²) in [4.78, 5) is 10.7. The number of Topliss-reactive ketones (excluding diaryl/α,β-unsaturated/α-hetero) is 1. The third-order valence-corrected chi connectivity index (χ3v) is 1.59. The van der Waals surface area contributed by atoms with Gasteiger partial charge in [0.05, 0.1) is 0 Å². The molecule has 0 amide bonds. The lowest BCUT2D eigenvalue weighted by Gasteiger charge is -2.07. The van der Waals surface area contributed by atoms with E-state index in [1.165, 1.54) is 0 Å². The maximum atomic E-state index is 10.7. The molecule has 1 rings (SSSR count). The summed E-state index contributed by atoms with van der Waals surface area (Å²) >= 11 is 0. The Kier molecular flexibility index (Phi) is 1.26. The molecule has 9 heavy (non-hydrogen) atoms. The molecule has 0 saturated heterocycles. The van der Waals surface area contributed by atoms with Gasteiger partial charge in [0, 0.05) is 6.42 Å². The number of nitriles is 1. The lowest BCUT2D eigenvalue weighted by Crippen LogP contribution is -2.30. The summed E-state index contributed by atoms with van der Waals surface area (Å²) in [6.07, 6.45) is 1.30. The van der Waals surface area contributed by atoms with Crippen LogP contribution in [0.2, 0.25) is 0 Å². The van der Waals surface area contributed by atoms with Crippen molar-refractivity contribution in [3.63, 3.8) is 0 Å². The average molecular weight is 125 g/mol. The molecule has 1 saturated carbocycles. The Morgan fingerprint density at radius 3 is 2.67 bits per heavy atom. The second kappa shape index (κ2) is 1.82. The van der Waals surface area contributed by atoms with Crippen molar-refractivity contribution in [3.8, 4) is 6.07 Å². The number of carbonyl (C=O) groups excluding carboxylic acids is 1. The number of rotatable bonds is 0. The molecule has 1 aliphatic carbocycles. The van der Waals surface area contributed by atoms with Crippen LogP contribution in [0.25, 0.3) is 0 Å². The SMILES string of the molecule is N#CC1(O)CCCC1=O. The van der Waals surface area contributed by atoms with Crippen LogP contribution in [0.4, 0.5) is 0 Å². The summed E-state index contributed by atoms with van der Waals surface area (Å²) in [5, 5.41) is 17.3. The second-order valence-corrected chi connectivity index (χ2v) is 2.25. The van der Waals surface area contributed by atoms with Gasteiger partial charge in [-0.3, -0.25) is 4.79 Å². The van der Waals surface area contributed by atoms with Gasteiger partial charge in [0.2, 0.25) is 5.60 Å². The third-order valence-electron chi connectivity index (χ3n) is 1.59. The van der Waals surface area contributed by atoms with Gasteiger partial charge in [-0.25, -0.2) is 0 Å². The number of nitrogens with zero attached hydrogens (tertiary/aromatic N) is 1. The maximum absolute atomic E-state index is 10.7. The lowest BCUT2D eigenvalue weighted by molar-refractivity contribution is -0.128. The maximum Gasteiger partial charge on any atom is 0.209 e. The zero-order chi connectivity index (χ0) is 6.91. The second-order valence-electron chi connectivity index (χ2n) is 2.25. The van der Waals surface area contributed by atoms with Gasteiger partial charge >= 0.3 is 0 Å². The Hall–Kier alpha value is -0.880. The average Bonchev–Trinajstić information content (AvgIpc) is 2.15. The van der Waals surface area contributed by atoms with E-state index in [4.69, 9.17) is 10.4 Å². The largest absolute Gasteiger partial charge is 0.369 e. The smallest absolute Gasteiger partial charge is 0.209 e. The minimum atomic E-state index is -1.64. The molecule has 0 bridgehead atoms. The number of aliphatic hydroxyl groups is 1. The highest BCUT2D eigenvalue weighted by molar-refractivity contribution is 5.91. The molecule has 0 aliphatic heterocycles. The molecule has 0 aromatic carbocycles. The molecule has 1 N–H and O–H groups in total. The van der Waals surface area contributed by atoms with E-state index in [1.807, 2.05) is 0 Å². The molecular weight excluding hydrogens is 118 g/mol. The molecule has 0 aromatic heterocycles. The summed E-state index contributed by atoms with van der Waals surface area (Å²) in [6, 6.07) is 1.60. The molecular formula is C6H7NO2. The van der Waals surface area contributed by atoms with Gasteiger partial charge in [-0.1, -0.05) is 0 Å². The Labute approximate surface area is 52.9 Å². The molecule has 1 aliphatic rings. The first kappa shape index (κ1) is 6.24. The summed E-state index contributed by atoms with van der Waals surface area (Å²) in [6.45, 7) is 0. The molecule has 0 radical (unpaired) electrons. The van der Waals surface area contributed by atoms with Gasteiger partial charge in [-0.2, -0.15) is 5.26 Å². The molecule has 0 heterocycles. The molecule has 3 heteroatoms. The van der Waals surface area contributed by atoms with Crippen LogP contribution in [-0.4, -0.2) is 16.5 Å². The zero-order valence-electron chi connectivity index (χ0n) is 4.92. The molecule has 1 fully saturated rings. The predicted molar refractivity (Wildman–Crippen MR) is 29.4 cm³/mol. The fourth-order valence-electron chi connectivity index (χ4n) is 0.969. The lowest BCUT2D eigenvalue weighted by atomic mass is 10.0. The van der Waals surface area contributed by atoms with Crippen LogP contribution in [-0.2, 0) is 4.79 Å². The van der Waals surface area contributed by atoms with E-state index in [0.29, 0.717) is 19.3 Å². The minimum Gasteiger partial charge on any atom is -0.369 e. The Morgan fingerprint density at radius 2 is 2.44 bits per heavy atom. The topological polar surface area (TPSA) is 61.1 Å². The monoisotopic (exact) mass is 125 g/mol. The van der Waals surface area contributed by atoms with Crippen LogP contribution in [0.15, 0.2) is 0 Å². The molecule has 1 atom stereocenters. The molecule has 1 unspecified atom stereocenters. The highest BCUT2D eigenvalue weighted by Crippen LogP contribution is 2.24. The van der Waals surface area contributed by atoms with Crippen molar-refractivity contribution in [2.75, 3.05) is 0 Å². The van der Waals surface area contributed by atoms with Crippen LogP contribution in [0.5, 0.6) is 0 Å². The first-order valence-corrected chi connectivity index (χ1v) is 2.86. The summed E-state index contributed by atoms with van der Waals surface area (Å²) in [5.41, 5.74) is -1.64. The van der Waals surface area contributed by atoms with E-state index >= 15 is 0 Å². The van der Waals surface area contributed by atoms with Crippen molar-refractivity contribution in [2.45, 2.75) is 24.9 Å². The molecule has 48 valence electrons. The van der Waals surface area contributed by atoms with Crippen LogP contribution in [0.3, 0.4) is 0 Å². The van der Waals surface area contributed by atoms with Crippen molar-refractivity contribution >= 4 is 5.78 Å². The summed E-state index contributed by atoms with van der Waals surface area (Å²) in [5.74, 6) is -0.329. The zero-order valence-corrected chi connectivity index (χ0v) is 4.92. The van der Waals surface area contributed by atoms with E-state index in [-0.39, 0.29) is 5.78 Å². The Bertz CT molecular complexity index is 182. The van der Waals surface area contributed by atoms with Gasteiger partial charge in [-0.15, -0.1) is 0 Å². The van der Waals surface area contributed by atoms with E-state index in [0.717, 1.165) is 0 Å². The number of hydrogen-bond donors (Lipinski definition) is 1. The fraction of sp³-hybridized carbons (Fsp3) is 0.667. The van der Waals surface area contributed by atoms with Crippen LogP contribution < -0.4 is 0 Å². The fourth-order valence-corrected chi connectivity index (χ4v) is 0.969. The number of ketones is 1. The summed E-state index contributed by atoms with van der Waals surface area (Å²) in [7, 11) is 0. The van der Waals surface area contributed by atoms with Gasteiger partial charge < -0.3 is 5.11 Å². The van der Waals surface area contributed by atoms with Crippen molar-refractivity contribution < 1.29 is 9.90 Å². The van der Waals surface area contributed by atoms with E-state index in [2.05, 4.69) is 0 Å². The Morgan fingerprint density at radius 1 is 1.78 bits per heavy atom. The minimum absolute atomic E-state index is 0.308. The van der Waals surface area contributed by atoms with Crippen LogP contribution in [0, 0.1) is 11.3 Å². The normalized spacial score (nSPS) is 34.4. The van der Waals surface area contributed by atoms with Crippen LogP contribution in [0.1, 0.15) is 19.3 Å². The van der Waals surface area contributed by atoms with Gasteiger partial charge in [0.1, 0.15) is 6.07 Å². The van der Waals surface area contributed by atoms with E-state index in [1.54, 1.807) is 6.07 Å². The van der Waals surface area contributed by atoms with Gasteiger partial charge in [0.15, 0.2) is 5.78 Å². The predicted octanol–water partition coefficient (Wildman–Crippen LogP) is -0.00592. The van der Waals surface area contributed by atoms with Crippen molar-refractivity contribution in [1.82, 2.24) is 0 Å². The standard InChI is InChI=1S/C6H7NO2/c7-4-6(9)3-1-2-5(6)8/h9H,1-3H2. The van der Waals surface area contributed by atoms with Gasteiger partial charge in [-0.05, 0) is 12.8 Å². The third kappa shape index (κ3) is 0.816. The summed E-state index contributed by atoms with van der Waals surface area (Å²) < 4.78 is 0. The molecule has 3 nitrogen and oxygen atoms in total. The number of hydrogen-bond acceptors (Lipinski definition) is 3. The molecule has 0 aromatic rings. The van der Waals surface area contributed by atoms with E-state index in [9.17, 15) is 4.79 Å². The first-order valence-electron chi connectivity index (χ1n) is 2.86. The van der Waals surface area contributed by atoms with Gasteiger partial charge in [0.25, 0.3) is 0 Å². The van der Waals surface area contributed by atoms with E-state index < -0.39 is 5.60 Å². The van der Waals surface area contributed by atoms with Crippen molar-refractivity contribution in [2.24, 2.45) is 0 Å². The highest BCUT2D eigenvalue weighted by Gasteiger charge is 2.39. The van der Waals surface area contributed by atoms with Crippen LogP contribution >= 0.6 is 0 Å². The highest BCUT2D eigenvalue weighted by atomic mass is 16.3. The van der Waals surface area contributed by atoms with Crippen molar-refractivity contribution in [1.29, 1.82) is 5.26 Å². The Balaban J connectivity index is 2.82. The number of carbonyl (C=O) groups is 1. The first-order chi connectivity index (χ1) is 4.19. The van der Waals surface area contributed by atoms with Crippen molar-refractivity contribution in [3.05, 3.63) is 0 Å².